The number of rotatable bonds is 3. The van der Waals surface area contributed by atoms with E-state index < -0.39 is 0 Å². The molecule has 0 amide bonds. The molecule has 4 nitrogen and oxygen atoms in total. The molecule has 0 radical (unpaired) electrons. The second-order valence-electron chi connectivity index (χ2n) is 4.51. The Morgan fingerprint density at radius 3 is 2.24 bits per heavy atom. The van der Waals surface area contributed by atoms with Gasteiger partial charge < -0.3 is 15.0 Å². The summed E-state index contributed by atoms with van der Waals surface area (Å²) in [5, 5.41) is 3.90. The molecule has 0 aliphatic carbocycles. The van der Waals surface area contributed by atoms with Crippen LogP contribution in [0.2, 0.25) is 0 Å². The minimum atomic E-state index is 0.383. The van der Waals surface area contributed by atoms with Gasteiger partial charge in [0.15, 0.2) is 11.6 Å². The van der Waals surface area contributed by atoms with E-state index in [0.717, 1.165) is 26.0 Å². The summed E-state index contributed by atoms with van der Waals surface area (Å²) in [4.78, 5) is 0. The second kappa shape index (κ2) is 5.77. The first-order chi connectivity index (χ1) is 10.2. The molecule has 2 N–H and O–H groups in total. The molecular weight excluding hydrogens is 379 g/mol. The van der Waals surface area contributed by atoms with E-state index in [-0.39, 0.29) is 0 Å². The fraction of sp³-hybridized carbons (Fsp3) is 0.0625. The van der Waals surface area contributed by atoms with Gasteiger partial charge in [-0.3, -0.25) is 0 Å². The van der Waals surface area contributed by atoms with E-state index in [2.05, 4.69) is 27.7 Å². The third kappa shape index (κ3) is 2.73. The Labute approximate surface area is 136 Å². The fourth-order valence-electron chi connectivity index (χ4n) is 2.14. The lowest BCUT2D eigenvalue weighted by atomic mass is 10.0. The van der Waals surface area contributed by atoms with Crippen LogP contribution in [0.4, 0.5) is 5.82 Å². The normalized spacial score (nSPS) is 10.6. The summed E-state index contributed by atoms with van der Waals surface area (Å²) in [6.45, 7) is 0. The largest absolute Gasteiger partial charge is 0.497 e. The van der Waals surface area contributed by atoms with Gasteiger partial charge in [-0.15, -0.1) is 0 Å². The molecule has 21 heavy (non-hydrogen) atoms. The molecule has 1 aromatic heterocycles. The molecule has 0 fully saturated rings. The van der Waals surface area contributed by atoms with E-state index in [4.69, 9.17) is 15.0 Å². The van der Waals surface area contributed by atoms with Gasteiger partial charge in [0.2, 0.25) is 0 Å². The Morgan fingerprint density at radius 2 is 1.62 bits per heavy atom. The molecule has 106 valence electrons. The van der Waals surface area contributed by atoms with E-state index >= 15 is 0 Å². The summed E-state index contributed by atoms with van der Waals surface area (Å²) >= 11 is 2.26. The summed E-state index contributed by atoms with van der Waals surface area (Å²) in [7, 11) is 1.64. The first-order valence-corrected chi connectivity index (χ1v) is 7.42. The van der Waals surface area contributed by atoms with Gasteiger partial charge >= 0.3 is 0 Å². The Bertz CT molecular complexity index is 749. The van der Waals surface area contributed by atoms with Crippen LogP contribution >= 0.6 is 22.6 Å². The van der Waals surface area contributed by atoms with Crippen molar-refractivity contribution in [3.05, 3.63) is 52.1 Å². The molecule has 2 aromatic carbocycles. The number of hydrogen-bond acceptors (Lipinski definition) is 4. The molecule has 0 bridgehead atoms. The van der Waals surface area contributed by atoms with Gasteiger partial charge in [0, 0.05) is 9.13 Å². The molecule has 1 heterocycles. The average molecular weight is 392 g/mol. The zero-order valence-corrected chi connectivity index (χ0v) is 13.5. The van der Waals surface area contributed by atoms with E-state index in [1.165, 1.54) is 0 Å². The van der Waals surface area contributed by atoms with Crippen molar-refractivity contribution in [3.8, 4) is 28.2 Å². The minimum Gasteiger partial charge on any atom is -0.497 e. The maximum absolute atomic E-state index is 5.97. The highest BCUT2D eigenvalue weighted by Gasteiger charge is 2.17. The third-order valence-electron chi connectivity index (χ3n) is 3.20. The van der Waals surface area contributed by atoms with E-state index in [0.29, 0.717) is 11.6 Å². The Hall–Kier alpha value is -2.02. The van der Waals surface area contributed by atoms with Crippen molar-refractivity contribution >= 4 is 28.4 Å². The number of aromatic nitrogens is 1. The number of methoxy groups -OCH3 is 1. The van der Waals surface area contributed by atoms with Crippen molar-refractivity contribution in [3.63, 3.8) is 0 Å². The molecule has 0 saturated heterocycles. The predicted octanol–water partition coefficient (Wildman–Crippen LogP) is 4.20. The SMILES string of the molecule is COc1ccc(-c2c(N)noc2-c2ccc(I)cc2)cc1. The highest BCUT2D eigenvalue weighted by Crippen LogP contribution is 2.37. The zero-order valence-electron chi connectivity index (χ0n) is 11.3. The molecule has 0 spiro atoms. The minimum absolute atomic E-state index is 0.383. The summed E-state index contributed by atoms with van der Waals surface area (Å²) in [5.74, 6) is 1.85. The third-order valence-corrected chi connectivity index (χ3v) is 3.92. The molecule has 0 aliphatic heterocycles. The van der Waals surface area contributed by atoms with Crippen molar-refractivity contribution in [2.24, 2.45) is 0 Å². The van der Waals surface area contributed by atoms with Crippen molar-refractivity contribution in [2.75, 3.05) is 12.8 Å². The molecule has 0 saturated carbocycles. The lowest BCUT2D eigenvalue weighted by molar-refractivity contribution is 0.415. The van der Waals surface area contributed by atoms with Crippen LogP contribution in [0.1, 0.15) is 0 Å². The number of nitrogens with zero attached hydrogens (tertiary/aromatic N) is 1. The van der Waals surface area contributed by atoms with Gasteiger partial charge in [0.1, 0.15) is 5.75 Å². The molecule has 3 aromatic rings. The topological polar surface area (TPSA) is 61.3 Å². The van der Waals surface area contributed by atoms with Crippen molar-refractivity contribution in [2.45, 2.75) is 0 Å². The smallest absolute Gasteiger partial charge is 0.176 e. The highest BCUT2D eigenvalue weighted by atomic mass is 127. The number of hydrogen-bond donors (Lipinski definition) is 1. The van der Waals surface area contributed by atoms with Gasteiger partial charge in [0.05, 0.1) is 12.7 Å². The van der Waals surface area contributed by atoms with Gasteiger partial charge in [0.25, 0.3) is 0 Å². The van der Waals surface area contributed by atoms with Crippen molar-refractivity contribution in [1.82, 2.24) is 5.16 Å². The van der Waals surface area contributed by atoms with Crippen LogP contribution in [0.25, 0.3) is 22.5 Å². The van der Waals surface area contributed by atoms with E-state index in [9.17, 15) is 0 Å². The van der Waals surface area contributed by atoms with E-state index in [1.807, 2.05) is 48.5 Å². The fourth-order valence-corrected chi connectivity index (χ4v) is 2.50. The molecule has 5 heteroatoms. The summed E-state index contributed by atoms with van der Waals surface area (Å²) in [6, 6.07) is 15.7. The zero-order chi connectivity index (χ0) is 14.8. The molecule has 0 unspecified atom stereocenters. The first kappa shape index (κ1) is 13.9. The van der Waals surface area contributed by atoms with Gasteiger partial charge in [-0.2, -0.15) is 0 Å². The monoisotopic (exact) mass is 392 g/mol. The molecule has 0 atom stereocenters. The lowest BCUT2D eigenvalue weighted by Gasteiger charge is -2.05. The van der Waals surface area contributed by atoms with E-state index in [1.54, 1.807) is 7.11 Å². The molecule has 0 aliphatic rings. The first-order valence-electron chi connectivity index (χ1n) is 6.34. The number of nitrogens with two attached hydrogens (primary N) is 1. The molecular formula is C16H13IN2O2. The predicted molar refractivity (Wildman–Crippen MR) is 91.1 cm³/mol. The number of benzene rings is 2. The van der Waals surface area contributed by atoms with Crippen LogP contribution < -0.4 is 10.5 Å². The van der Waals surface area contributed by atoms with Gasteiger partial charge in [-0.05, 0) is 52.4 Å². The number of ether oxygens (including phenoxy) is 1. The Morgan fingerprint density at radius 1 is 1.00 bits per heavy atom. The summed E-state index contributed by atoms with van der Waals surface area (Å²) in [6.07, 6.45) is 0. The number of nitrogen functional groups attached to an aromatic ring is 1. The number of anilines is 1. The quantitative estimate of drug-likeness (QED) is 0.679. The highest BCUT2D eigenvalue weighted by molar-refractivity contribution is 14.1. The Kier molecular flexibility index (Phi) is 3.83. The van der Waals surface area contributed by atoms with Crippen LogP contribution in [-0.4, -0.2) is 12.3 Å². The maximum Gasteiger partial charge on any atom is 0.176 e. The van der Waals surface area contributed by atoms with Crippen LogP contribution in [0.15, 0.2) is 53.1 Å². The van der Waals surface area contributed by atoms with Crippen LogP contribution in [-0.2, 0) is 0 Å². The van der Waals surface area contributed by atoms with Crippen LogP contribution in [0.5, 0.6) is 5.75 Å². The molecule has 3 rings (SSSR count). The second-order valence-corrected chi connectivity index (χ2v) is 5.75. The van der Waals surface area contributed by atoms with Crippen molar-refractivity contribution in [1.29, 1.82) is 0 Å². The van der Waals surface area contributed by atoms with Crippen LogP contribution in [0.3, 0.4) is 0 Å². The standard InChI is InChI=1S/C16H13IN2O2/c1-20-13-8-4-10(5-9-13)14-15(21-19-16(14)18)11-2-6-12(17)7-3-11/h2-9H,1H3,(H2,18,19). The van der Waals surface area contributed by atoms with Crippen molar-refractivity contribution < 1.29 is 9.26 Å². The number of halogens is 1. The lowest BCUT2D eigenvalue weighted by Crippen LogP contribution is -1.89. The average Bonchev–Trinajstić information content (AvgIpc) is 2.90. The maximum atomic E-state index is 5.97. The summed E-state index contributed by atoms with van der Waals surface area (Å²) < 4.78 is 11.8. The van der Waals surface area contributed by atoms with Gasteiger partial charge in [-0.25, -0.2) is 0 Å². The van der Waals surface area contributed by atoms with Gasteiger partial charge in [-0.1, -0.05) is 29.4 Å². The van der Waals surface area contributed by atoms with Crippen LogP contribution in [0, 0.1) is 3.57 Å². The summed E-state index contributed by atoms with van der Waals surface area (Å²) in [5.41, 5.74) is 8.67. The Balaban J connectivity index is 2.09.